The smallest absolute Gasteiger partial charge is 0.173 e. The highest BCUT2D eigenvalue weighted by Crippen LogP contribution is 2.29. The Labute approximate surface area is 137 Å². The van der Waals surface area contributed by atoms with E-state index in [1.54, 1.807) is 6.20 Å². The highest BCUT2D eigenvalue weighted by atomic mass is 32.1. The molecule has 0 aliphatic heterocycles. The summed E-state index contributed by atoms with van der Waals surface area (Å²) < 4.78 is 0. The second-order valence-electron chi connectivity index (χ2n) is 6.03. The molecule has 1 N–H and O–H groups in total. The van der Waals surface area contributed by atoms with Crippen molar-refractivity contribution in [2.75, 3.05) is 5.32 Å². The quantitative estimate of drug-likeness (QED) is 0.862. The normalized spacial score (nSPS) is 13.7. The predicted molar refractivity (Wildman–Crippen MR) is 94.9 cm³/mol. The fourth-order valence-corrected chi connectivity index (χ4v) is 3.01. The number of thiocarbonyl (C=S) groups is 1. The van der Waals surface area contributed by atoms with E-state index in [1.807, 2.05) is 12.3 Å². The van der Waals surface area contributed by atoms with E-state index in [0.717, 1.165) is 17.3 Å². The van der Waals surface area contributed by atoms with Gasteiger partial charge in [0.1, 0.15) is 0 Å². The summed E-state index contributed by atoms with van der Waals surface area (Å²) in [6.45, 7) is 5.03. The van der Waals surface area contributed by atoms with Gasteiger partial charge in [0.25, 0.3) is 0 Å². The van der Waals surface area contributed by atoms with Crippen LogP contribution in [0.2, 0.25) is 0 Å². The van der Waals surface area contributed by atoms with Gasteiger partial charge >= 0.3 is 0 Å². The lowest BCUT2D eigenvalue weighted by molar-refractivity contribution is 0.409. The zero-order valence-electron chi connectivity index (χ0n) is 13.0. The lowest BCUT2D eigenvalue weighted by Crippen LogP contribution is -2.36. The fourth-order valence-electron chi connectivity index (χ4n) is 2.68. The van der Waals surface area contributed by atoms with Gasteiger partial charge in [-0.15, -0.1) is 0 Å². The van der Waals surface area contributed by atoms with Crippen molar-refractivity contribution in [2.45, 2.75) is 39.3 Å². The zero-order valence-corrected chi connectivity index (χ0v) is 13.9. The van der Waals surface area contributed by atoms with Crippen LogP contribution in [0.25, 0.3) is 0 Å². The summed E-state index contributed by atoms with van der Waals surface area (Å²) in [7, 11) is 0. The average Bonchev–Trinajstić information content (AvgIpc) is 3.29. The molecule has 0 radical (unpaired) electrons. The summed E-state index contributed by atoms with van der Waals surface area (Å²) >= 11 is 5.65. The third-order valence-corrected chi connectivity index (χ3v) is 4.13. The first kappa shape index (κ1) is 15.0. The molecule has 1 saturated carbocycles. The minimum atomic E-state index is 0.561. The topological polar surface area (TPSA) is 28.2 Å². The molecule has 1 aliphatic rings. The maximum atomic E-state index is 5.65. The number of aromatic nitrogens is 1. The number of nitrogens with zero attached hydrogens (tertiary/aromatic N) is 2. The summed E-state index contributed by atoms with van der Waals surface area (Å²) in [5.74, 6) is 0. The molecular formula is C18H21N3S. The predicted octanol–water partition coefficient (Wildman–Crippen LogP) is 4.06. The minimum absolute atomic E-state index is 0.561. The van der Waals surface area contributed by atoms with E-state index in [2.05, 4.69) is 53.3 Å². The Balaban J connectivity index is 1.73. The number of rotatable bonds is 4. The molecule has 0 spiro atoms. The number of pyridine rings is 1. The third-order valence-electron chi connectivity index (χ3n) is 3.80. The van der Waals surface area contributed by atoms with Crippen LogP contribution in [0.3, 0.4) is 0 Å². The maximum absolute atomic E-state index is 5.65. The molecule has 1 aromatic heterocycles. The third kappa shape index (κ3) is 3.83. The van der Waals surface area contributed by atoms with Gasteiger partial charge in [-0.25, -0.2) is 0 Å². The fraction of sp³-hybridized carbons (Fsp3) is 0.333. The van der Waals surface area contributed by atoms with Crippen LogP contribution in [0.5, 0.6) is 0 Å². The van der Waals surface area contributed by atoms with E-state index in [4.69, 9.17) is 12.2 Å². The highest BCUT2D eigenvalue weighted by molar-refractivity contribution is 7.80. The molecule has 3 nitrogen and oxygen atoms in total. The van der Waals surface area contributed by atoms with E-state index in [-0.39, 0.29) is 0 Å². The van der Waals surface area contributed by atoms with Crippen molar-refractivity contribution in [1.29, 1.82) is 0 Å². The lowest BCUT2D eigenvalue weighted by atomic mass is 10.1. The molecule has 3 rings (SSSR count). The van der Waals surface area contributed by atoms with Crippen LogP contribution < -0.4 is 5.32 Å². The summed E-state index contributed by atoms with van der Waals surface area (Å²) in [5.41, 5.74) is 4.75. The Morgan fingerprint density at radius 2 is 2.00 bits per heavy atom. The largest absolute Gasteiger partial charge is 0.342 e. The Bertz CT molecular complexity index is 645. The van der Waals surface area contributed by atoms with Crippen LogP contribution >= 0.6 is 12.2 Å². The number of aryl methyl sites for hydroxylation is 2. The van der Waals surface area contributed by atoms with E-state index in [1.165, 1.54) is 29.5 Å². The summed E-state index contributed by atoms with van der Waals surface area (Å²) in [6.07, 6.45) is 6.15. The average molecular weight is 311 g/mol. The Hall–Kier alpha value is -1.94. The van der Waals surface area contributed by atoms with Gasteiger partial charge < -0.3 is 10.2 Å². The number of anilines is 1. The number of hydrogen-bond donors (Lipinski definition) is 1. The van der Waals surface area contributed by atoms with Crippen molar-refractivity contribution in [3.63, 3.8) is 0 Å². The first-order valence-electron chi connectivity index (χ1n) is 7.66. The molecule has 0 atom stereocenters. The first-order valence-corrected chi connectivity index (χ1v) is 8.07. The van der Waals surface area contributed by atoms with E-state index in [0.29, 0.717) is 6.04 Å². The van der Waals surface area contributed by atoms with Crippen LogP contribution in [-0.4, -0.2) is 21.0 Å². The van der Waals surface area contributed by atoms with Crippen molar-refractivity contribution < 1.29 is 0 Å². The lowest BCUT2D eigenvalue weighted by Gasteiger charge is -2.26. The molecule has 0 amide bonds. The van der Waals surface area contributed by atoms with Crippen LogP contribution in [0.4, 0.5) is 5.69 Å². The van der Waals surface area contributed by atoms with Gasteiger partial charge in [-0.2, -0.15) is 0 Å². The second kappa shape index (κ2) is 6.44. The molecule has 0 bridgehead atoms. The van der Waals surface area contributed by atoms with E-state index < -0.39 is 0 Å². The molecule has 2 aromatic rings. The van der Waals surface area contributed by atoms with Crippen molar-refractivity contribution in [1.82, 2.24) is 9.88 Å². The van der Waals surface area contributed by atoms with Crippen molar-refractivity contribution in [3.05, 3.63) is 59.4 Å². The van der Waals surface area contributed by atoms with Gasteiger partial charge in [0.15, 0.2) is 5.11 Å². The highest BCUT2D eigenvalue weighted by Gasteiger charge is 2.30. The number of benzene rings is 1. The molecule has 1 fully saturated rings. The molecule has 114 valence electrons. The van der Waals surface area contributed by atoms with Gasteiger partial charge in [-0.3, -0.25) is 4.98 Å². The van der Waals surface area contributed by atoms with Gasteiger partial charge in [0.05, 0.1) is 0 Å². The molecule has 0 unspecified atom stereocenters. The summed E-state index contributed by atoms with van der Waals surface area (Å²) in [5, 5.41) is 4.20. The van der Waals surface area contributed by atoms with Crippen LogP contribution in [0, 0.1) is 13.8 Å². The minimum Gasteiger partial charge on any atom is -0.342 e. The van der Waals surface area contributed by atoms with Gasteiger partial charge in [-0.1, -0.05) is 12.1 Å². The SMILES string of the molecule is Cc1cc(C)cc(NC(=S)N(Cc2cccnc2)C2CC2)c1. The molecular weight excluding hydrogens is 290 g/mol. The molecule has 22 heavy (non-hydrogen) atoms. The van der Waals surface area contributed by atoms with E-state index >= 15 is 0 Å². The number of nitrogens with one attached hydrogen (secondary N) is 1. The molecule has 1 heterocycles. The van der Waals surface area contributed by atoms with E-state index in [9.17, 15) is 0 Å². The Kier molecular flexibility index (Phi) is 4.39. The van der Waals surface area contributed by atoms with Crippen LogP contribution in [0.15, 0.2) is 42.7 Å². The number of hydrogen-bond acceptors (Lipinski definition) is 2. The zero-order chi connectivity index (χ0) is 15.5. The monoisotopic (exact) mass is 311 g/mol. The van der Waals surface area contributed by atoms with Crippen molar-refractivity contribution in [3.8, 4) is 0 Å². The second-order valence-corrected chi connectivity index (χ2v) is 6.41. The van der Waals surface area contributed by atoms with Gasteiger partial charge in [0.2, 0.25) is 0 Å². The van der Waals surface area contributed by atoms with Crippen LogP contribution in [-0.2, 0) is 6.54 Å². The molecule has 1 aliphatic carbocycles. The standard InChI is InChI=1S/C18H21N3S/c1-13-8-14(2)10-16(9-13)20-18(22)21(17-5-6-17)12-15-4-3-7-19-11-15/h3-4,7-11,17H,5-6,12H2,1-2H3,(H,20,22). The molecule has 0 saturated heterocycles. The van der Waals surface area contributed by atoms with Gasteiger partial charge in [-0.05, 0) is 73.8 Å². The summed E-state index contributed by atoms with van der Waals surface area (Å²) in [6, 6.07) is 11.1. The Morgan fingerprint density at radius 3 is 2.59 bits per heavy atom. The van der Waals surface area contributed by atoms with Crippen molar-refractivity contribution >= 4 is 23.0 Å². The van der Waals surface area contributed by atoms with Gasteiger partial charge in [0, 0.05) is 30.7 Å². The summed E-state index contributed by atoms with van der Waals surface area (Å²) in [4.78, 5) is 6.48. The Morgan fingerprint density at radius 1 is 1.27 bits per heavy atom. The van der Waals surface area contributed by atoms with Crippen LogP contribution in [0.1, 0.15) is 29.5 Å². The van der Waals surface area contributed by atoms with Crippen molar-refractivity contribution in [2.24, 2.45) is 0 Å². The maximum Gasteiger partial charge on any atom is 0.173 e. The molecule has 1 aromatic carbocycles. The first-order chi connectivity index (χ1) is 10.6. The molecule has 4 heteroatoms.